The number of hydrogen-bond acceptors (Lipinski definition) is 7. The predicted molar refractivity (Wildman–Crippen MR) is 139 cm³/mol. The van der Waals surface area contributed by atoms with Crippen LogP contribution < -0.4 is 4.74 Å². The zero-order valence-corrected chi connectivity index (χ0v) is 21.6. The van der Waals surface area contributed by atoms with E-state index in [4.69, 9.17) is 9.47 Å². The van der Waals surface area contributed by atoms with E-state index < -0.39 is 0 Å². The van der Waals surface area contributed by atoms with Crippen LogP contribution in [0.5, 0.6) is 5.75 Å². The Morgan fingerprint density at radius 3 is 2.72 bits per heavy atom. The van der Waals surface area contributed by atoms with E-state index in [1.165, 1.54) is 0 Å². The second-order valence-electron chi connectivity index (χ2n) is 8.59. The SMILES string of the molecule is CCOC(=O)C1CCCN(C(=O)CCCSc2nnc(-c3cccc(OC)c3)n2-c2ccccc2)C1. The number of nitrogens with zero attached hydrogens (tertiary/aromatic N) is 4. The van der Waals surface area contributed by atoms with Gasteiger partial charge in [0.1, 0.15) is 5.75 Å². The molecular formula is C27H32N4O4S. The van der Waals surface area contributed by atoms with Crippen molar-refractivity contribution in [2.75, 3.05) is 32.6 Å². The van der Waals surface area contributed by atoms with Gasteiger partial charge in [0, 0.05) is 36.5 Å². The molecule has 190 valence electrons. The van der Waals surface area contributed by atoms with Crippen LogP contribution in [0, 0.1) is 5.92 Å². The summed E-state index contributed by atoms with van der Waals surface area (Å²) >= 11 is 1.58. The van der Waals surface area contributed by atoms with Crippen LogP contribution in [0.3, 0.4) is 0 Å². The molecule has 1 aliphatic heterocycles. The molecule has 1 fully saturated rings. The number of rotatable bonds is 10. The summed E-state index contributed by atoms with van der Waals surface area (Å²) in [4.78, 5) is 26.7. The van der Waals surface area contributed by atoms with E-state index in [0.29, 0.717) is 32.5 Å². The molecule has 0 bridgehead atoms. The largest absolute Gasteiger partial charge is 0.497 e. The lowest BCUT2D eigenvalue weighted by Crippen LogP contribution is -2.42. The number of piperidine rings is 1. The molecule has 0 N–H and O–H groups in total. The summed E-state index contributed by atoms with van der Waals surface area (Å²) in [5.74, 6) is 1.90. The van der Waals surface area contributed by atoms with Crippen LogP contribution in [0.4, 0.5) is 0 Å². The molecule has 1 aliphatic rings. The molecule has 4 rings (SSSR count). The third-order valence-corrected chi connectivity index (χ3v) is 7.15. The van der Waals surface area contributed by atoms with Crippen molar-refractivity contribution >= 4 is 23.6 Å². The molecule has 9 heteroatoms. The molecule has 1 aromatic heterocycles. The Morgan fingerprint density at radius 1 is 1.11 bits per heavy atom. The van der Waals surface area contributed by atoms with Crippen molar-refractivity contribution < 1.29 is 19.1 Å². The Bertz CT molecular complexity index is 1170. The van der Waals surface area contributed by atoms with Crippen molar-refractivity contribution in [3.8, 4) is 22.8 Å². The maximum absolute atomic E-state index is 12.8. The molecular weight excluding hydrogens is 476 g/mol. The Hall–Kier alpha value is -3.33. The average Bonchev–Trinajstić information content (AvgIpc) is 3.35. The molecule has 2 heterocycles. The number of amides is 1. The summed E-state index contributed by atoms with van der Waals surface area (Å²) < 4.78 is 12.6. The number of benzene rings is 2. The van der Waals surface area contributed by atoms with Crippen LogP contribution >= 0.6 is 11.8 Å². The van der Waals surface area contributed by atoms with Gasteiger partial charge in [-0.15, -0.1) is 10.2 Å². The minimum Gasteiger partial charge on any atom is -0.497 e. The molecule has 0 saturated carbocycles. The van der Waals surface area contributed by atoms with Gasteiger partial charge < -0.3 is 14.4 Å². The lowest BCUT2D eigenvalue weighted by Gasteiger charge is -2.31. The molecule has 1 unspecified atom stereocenters. The fraction of sp³-hybridized carbons (Fsp3) is 0.407. The number of likely N-dealkylation sites (tertiary alicyclic amines) is 1. The van der Waals surface area contributed by atoms with E-state index in [9.17, 15) is 9.59 Å². The number of carbonyl (C=O) groups is 2. The monoisotopic (exact) mass is 508 g/mol. The zero-order valence-electron chi connectivity index (χ0n) is 20.8. The van der Waals surface area contributed by atoms with Crippen molar-refractivity contribution in [1.29, 1.82) is 0 Å². The van der Waals surface area contributed by atoms with E-state index in [-0.39, 0.29) is 17.8 Å². The predicted octanol–water partition coefficient (Wildman–Crippen LogP) is 4.62. The number of hydrogen-bond donors (Lipinski definition) is 0. The maximum Gasteiger partial charge on any atom is 0.310 e. The summed E-state index contributed by atoms with van der Waals surface area (Å²) in [6.45, 7) is 3.33. The Labute approximate surface area is 216 Å². The molecule has 36 heavy (non-hydrogen) atoms. The van der Waals surface area contributed by atoms with Gasteiger partial charge in [0.2, 0.25) is 5.91 Å². The first-order valence-electron chi connectivity index (χ1n) is 12.3. The van der Waals surface area contributed by atoms with Crippen LogP contribution in [0.15, 0.2) is 59.8 Å². The van der Waals surface area contributed by atoms with Crippen molar-refractivity contribution in [2.24, 2.45) is 5.92 Å². The summed E-state index contributed by atoms with van der Waals surface area (Å²) in [5, 5.41) is 9.72. The Morgan fingerprint density at radius 2 is 1.94 bits per heavy atom. The Kier molecular flexibility index (Phi) is 9.00. The molecule has 1 saturated heterocycles. The summed E-state index contributed by atoms with van der Waals surface area (Å²) in [5.41, 5.74) is 1.88. The second kappa shape index (κ2) is 12.6. The highest BCUT2D eigenvalue weighted by Crippen LogP contribution is 2.30. The second-order valence-corrected chi connectivity index (χ2v) is 9.65. The fourth-order valence-electron chi connectivity index (χ4n) is 4.32. The molecule has 2 aromatic carbocycles. The number of ether oxygens (including phenoxy) is 2. The van der Waals surface area contributed by atoms with E-state index in [1.54, 1.807) is 25.8 Å². The topological polar surface area (TPSA) is 86.6 Å². The van der Waals surface area contributed by atoms with E-state index in [1.807, 2.05) is 64.1 Å². The van der Waals surface area contributed by atoms with Gasteiger partial charge in [0.05, 0.1) is 19.6 Å². The average molecular weight is 509 g/mol. The standard InChI is InChI=1S/C27H32N4O4S/c1-3-35-26(33)21-11-8-16-30(19-21)24(32)15-9-17-36-27-29-28-25(20-10-7-14-23(18-20)34-2)31(27)22-12-5-4-6-13-22/h4-7,10,12-14,18,21H,3,8-9,11,15-17,19H2,1-2H3. The fourth-order valence-corrected chi connectivity index (χ4v) is 5.21. The number of para-hydroxylation sites is 1. The molecule has 1 amide bonds. The van der Waals surface area contributed by atoms with Gasteiger partial charge in [-0.25, -0.2) is 0 Å². The first-order chi connectivity index (χ1) is 17.6. The molecule has 3 aromatic rings. The maximum atomic E-state index is 12.8. The number of esters is 1. The van der Waals surface area contributed by atoms with Gasteiger partial charge in [-0.3, -0.25) is 14.2 Å². The van der Waals surface area contributed by atoms with Gasteiger partial charge in [-0.2, -0.15) is 0 Å². The first kappa shape index (κ1) is 25.8. The summed E-state index contributed by atoms with van der Waals surface area (Å²) in [7, 11) is 1.64. The number of methoxy groups -OCH3 is 1. The van der Waals surface area contributed by atoms with Crippen LogP contribution in [0.2, 0.25) is 0 Å². The number of thioether (sulfide) groups is 1. The first-order valence-corrected chi connectivity index (χ1v) is 13.3. The normalized spacial score (nSPS) is 15.5. The minimum absolute atomic E-state index is 0.0891. The number of aromatic nitrogens is 3. The molecule has 0 spiro atoms. The van der Waals surface area contributed by atoms with Crippen LogP contribution in [-0.2, 0) is 14.3 Å². The highest BCUT2D eigenvalue weighted by atomic mass is 32.2. The van der Waals surface area contributed by atoms with Gasteiger partial charge in [-0.1, -0.05) is 42.1 Å². The molecule has 0 aliphatic carbocycles. The molecule has 8 nitrogen and oxygen atoms in total. The molecule has 1 atom stereocenters. The number of carbonyl (C=O) groups excluding carboxylic acids is 2. The van der Waals surface area contributed by atoms with Crippen molar-refractivity contribution in [3.05, 3.63) is 54.6 Å². The zero-order chi connectivity index (χ0) is 25.3. The van der Waals surface area contributed by atoms with Crippen molar-refractivity contribution in [1.82, 2.24) is 19.7 Å². The highest BCUT2D eigenvalue weighted by molar-refractivity contribution is 7.99. The third-order valence-electron chi connectivity index (χ3n) is 6.14. The summed E-state index contributed by atoms with van der Waals surface area (Å²) in [6, 6.07) is 17.8. The van der Waals surface area contributed by atoms with Crippen molar-refractivity contribution in [3.63, 3.8) is 0 Å². The van der Waals surface area contributed by atoms with Gasteiger partial charge in [-0.05, 0) is 50.5 Å². The quantitative estimate of drug-likeness (QED) is 0.224. The Balaban J connectivity index is 1.40. The van der Waals surface area contributed by atoms with Crippen LogP contribution in [0.25, 0.3) is 17.1 Å². The lowest BCUT2D eigenvalue weighted by molar-refractivity contribution is -0.151. The van der Waals surface area contributed by atoms with Crippen LogP contribution in [0.1, 0.15) is 32.6 Å². The van der Waals surface area contributed by atoms with Crippen LogP contribution in [-0.4, -0.2) is 64.1 Å². The van der Waals surface area contributed by atoms with E-state index >= 15 is 0 Å². The van der Waals surface area contributed by atoms with Gasteiger partial charge >= 0.3 is 5.97 Å². The van der Waals surface area contributed by atoms with E-state index in [2.05, 4.69) is 10.2 Å². The molecule has 0 radical (unpaired) electrons. The van der Waals surface area contributed by atoms with E-state index in [0.717, 1.165) is 46.6 Å². The van der Waals surface area contributed by atoms with Gasteiger partial charge in [0.15, 0.2) is 11.0 Å². The smallest absolute Gasteiger partial charge is 0.310 e. The summed E-state index contributed by atoms with van der Waals surface area (Å²) in [6.07, 6.45) is 2.76. The van der Waals surface area contributed by atoms with Gasteiger partial charge in [0.25, 0.3) is 0 Å². The third kappa shape index (κ3) is 6.26. The minimum atomic E-state index is -0.212. The van der Waals surface area contributed by atoms with Crippen molar-refractivity contribution in [2.45, 2.75) is 37.8 Å². The lowest BCUT2D eigenvalue weighted by atomic mass is 9.98. The highest BCUT2D eigenvalue weighted by Gasteiger charge is 2.29.